The van der Waals surface area contributed by atoms with E-state index in [1.165, 1.54) is 12.4 Å². The maximum absolute atomic E-state index is 10.9. The molecule has 1 aromatic heterocycles. The first-order valence-corrected chi connectivity index (χ1v) is 6.42. The van der Waals surface area contributed by atoms with Gasteiger partial charge in [-0.3, -0.25) is 15.1 Å². The third-order valence-corrected chi connectivity index (χ3v) is 3.20. The summed E-state index contributed by atoms with van der Waals surface area (Å²) in [7, 11) is 0. The van der Waals surface area contributed by atoms with Crippen LogP contribution in [0.3, 0.4) is 0 Å². The van der Waals surface area contributed by atoms with Gasteiger partial charge in [-0.15, -0.1) is 0 Å². The van der Waals surface area contributed by atoms with E-state index in [9.17, 15) is 10.1 Å². The highest BCUT2D eigenvalue weighted by atomic mass is 79.9. The fraction of sp³-hybridized carbons (Fsp3) is 0.0769. The van der Waals surface area contributed by atoms with Crippen LogP contribution in [0, 0.1) is 21.4 Å². The lowest BCUT2D eigenvalue weighted by Crippen LogP contribution is -2.04. The third kappa shape index (κ3) is 3.10. The van der Waals surface area contributed by atoms with Gasteiger partial charge in [0, 0.05) is 12.7 Å². The van der Waals surface area contributed by atoms with E-state index in [0.717, 1.165) is 5.56 Å². The van der Waals surface area contributed by atoms with Crippen LogP contribution in [0.1, 0.15) is 11.1 Å². The molecule has 0 spiro atoms. The van der Waals surface area contributed by atoms with Crippen LogP contribution in [0.4, 0.5) is 11.4 Å². The maximum atomic E-state index is 10.9. The number of aromatic nitrogens is 1. The lowest BCUT2D eigenvalue weighted by Gasteiger charge is -2.08. The number of nitrogens with zero attached hydrogens (tertiary/aromatic N) is 3. The number of anilines is 1. The fourth-order valence-electron chi connectivity index (χ4n) is 1.68. The average Bonchev–Trinajstić information content (AvgIpc) is 2.45. The van der Waals surface area contributed by atoms with Gasteiger partial charge in [0.05, 0.1) is 21.0 Å². The molecule has 7 heteroatoms. The van der Waals surface area contributed by atoms with E-state index in [-0.39, 0.29) is 5.69 Å². The summed E-state index contributed by atoms with van der Waals surface area (Å²) in [5, 5.41) is 22.8. The van der Waals surface area contributed by atoms with Crippen LogP contribution in [0.5, 0.6) is 0 Å². The van der Waals surface area contributed by atoms with Crippen molar-refractivity contribution in [3.8, 4) is 6.07 Å². The normalized spacial score (nSPS) is 9.80. The number of hydrogen-bond donors (Lipinski definition) is 1. The molecule has 0 saturated carbocycles. The van der Waals surface area contributed by atoms with Gasteiger partial charge >= 0.3 is 5.69 Å². The molecular weight excluding hydrogens is 324 g/mol. The molecule has 100 valence electrons. The summed E-state index contributed by atoms with van der Waals surface area (Å²) in [6, 6.07) is 9.10. The topological polar surface area (TPSA) is 91.8 Å². The van der Waals surface area contributed by atoms with Crippen molar-refractivity contribution in [3.05, 3.63) is 62.4 Å². The molecule has 0 radical (unpaired) electrons. The zero-order valence-electron chi connectivity index (χ0n) is 10.2. The van der Waals surface area contributed by atoms with Crippen molar-refractivity contribution in [2.45, 2.75) is 6.54 Å². The molecule has 1 aromatic carbocycles. The number of nitrogens with one attached hydrogen (secondary N) is 1. The van der Waals surface area contributed by atoms with E-state index in [1.807, 2.05) is 6.07 Å². The molecule has 0 atom stereocenters. The molecule has 6 nitrogen and oxygen atoms in total. The Kier molecular flexibility index (Phi) is 4.27. The second-order valence-electron chi connectivity index (χ2n) is 3.94. The molecule has 0 aliphatic rings. The minimum atomic E-state index is -0.494. The van der Waals surface area contributed by atoms with Crippen molar-refractivity contribution in [2.75, 3.05) is 5.32 Å². The van der Waals surface area contributed by atoms with Crippen LogP contribution in [-0.2, 0) is 6.54 Å². The van der Waals surface area contributed by atoms with Crippen molar-refractivity contribution in [1.82, 2.24) is 4.98 Å². The van der Waals surface area contributed by atoms with E-state index in [1.54, 1.807) is 18.2 Å². The van der Waals surface area contributed by atoms with Gasteiger partial charge < -0.3 is 5.32 Å². The Morgan fingerprint density at radius 3 is 2.95 bits per heavy atom. The summed E-state index contributed by atoms with van der Waals surface area (Å²) in [6.07, 6.45) is 2.68. The fourth-order valence-corrected chi connectivity index (χ4v) is 2.14. The van der Waals surface area contributed by atoms with Crippen molar-refractivity contribution < 1.29 is 4.92 Å². The summed E-state index contributed by atoms with van der Waals surface area (Å²) in [5.74, 6) is 0. The Morgan fingerprint density at radius 1 is 1.45 bits per heavy atom. The smallest absolute Gasteiger partial charge is 0.311 e. The lowest BCUT2D eigenvalue weighted by atomic mass is 10.1. The summed E-state index contributed by atoms with van der Waals surface area (Å²) in [6.45, 7) is 0.374. The lowest BCUT2D eigenvalue weighted by molar-refractivity contribution is -0.384. The molecule has 2 rings (SSSR count). The Hall–Kier alpha value is -2.46. The standard InChI is InChI=1S/C13H9BrN4O2/c14-11-7-16-8-12(18(19)20)13(11)17-6-10-3-1-2-9(4-10)5-15/h1-4,7-8H,6H2,(H,16,17). The van der Waals surface area contributed by atoms with Crippen LogP contribution < -0.4 is 5.32 Å². The highest BCUT2D eigenvalue weighted by Gasteiger charge is 2.16. The minimum Gasteiger partial charge on any atom is -0.374 e. The minimum absolute atomic E-state index is 0.101. The van der Waals surface area contributed by atoms with Gasteiger partial charge in [0.15, 0.2) is 0 Å². The van der Waals surface area contributed by atoms with E-state index < -0.39 is 4.92 Å². The van der Waals surface area contributed by atoms with Crippen molar-refractivity contribution in [2.24, 2.45) is 0 Å². The van der Waals surface area contributed by atoms with Crippen LogP contribution in [0.15, 0.2) is 41.1 Å². The first-order chi connectivity index (χ1) is 9.61. The number of rotatable bonds is 4. The monoisotopic (exact) mass is 332 g/mol. The van der Waals surface area contributed by atoms with Gasteiger partial charge in [0.2, 0.25) is 0 Å². The molecule has 0 unspecified atom stereocenters. The van der Waals surface area contributed by atoms with Crippen LogP contribution in [0.2, 0.25) is 0 Å². The van der Waals surface area contributed by atoms with Gasteiger partial charge in [-0.1, -0.05) is 12.1 Å². The van der Waals surface area contributed by atoms with E-state index in [0.29, 0.717) is 22.3 Å². The Morgan fingerprint density at radius 2 is 2.25 bits per heavy atom. The first-order valence-electron chi connectivity index (χ1n) is 5.62. The van der Waals surface area contributed by atoms with E-state index in [4.69, 9.17) is 5.26 Å². The highest BCUT2D eigenvalue weighted by molar-refractivity contribution is 9.10. The molecule has 0 aliphatic heterocycles. The van der Waals surface area contributed by atoms with Crippen molar-refractivity contribution in [3.63, 3.8) is 0 Å². The Labute approximate surface area is 123 Å². The molecule has 0 fully saturated rings. The number of nitro groups is 1. The Bertz CT molecular complexity index is 697. The van der Waals surface area contributed by atoms with Crippen LogP contribution >= 0.6 is 15.9 Å². The summed E-state index contributed by atoms with van der Waals surface area (Å²) >= 11 is 3.24. The number of benzene rings is 1. The van der Waals surface area contributed by atoms with Gasteiger partial charge in [-0.25, -0.2) is 0 Å². The van der Waals surface area contributed by atoms with Gasteiger partial charge in [0.1, 0.15) is 11.9 Å². The second kappa shape index (κ2) is 6.12. The second-order valence-corrected chi connectivity index (χ2v) is 4.79. The van der Waals surface area contributed by atoms with E-state index in [2.05, 4.69) is 32.3 Å². The quantitative estimate of drug-likeness (QED) is 0.685. The van der Waals surface area contributed by atoms with Crippen molar-refractivity contribution >= 4 is 27.3 Å². The largest absolute Gasteiger partial charge is 0.374 e. The zero-order chi connectivity index (χ0) is 14.5. The number of hydrogen-bond acceptors (Lipinski definition) is 5. The zero-order valence-corrected chi connectivity index (χ0v) is 11.8. The molecule has 0 saturated heterocycles. The molecule has 2 aromatic rings. The molecule has 1 heterocycles. The molecule has 0 aliphatic carbocycles. The highest BCUT2D eigenvalue weighted by Crippen LogP contribution is 2.31. The third-order valence-electron chi connectivity index (χ3n) is 2.60. The van der Waals surface area contributed by atoms with Gasteiger partial charge in [-0.05, 0) is 33.6 Å². The number of nitriles is 1. The number of halogens is 1. The molecule has 1 N–H and O–H groups in total. The summed E-state index contributed by atoms with van der Waals surface area (Å²) in [5.41, 5.74) is 1.68. The molecule has 0 amide bonds. The molecule has 20 heavy (non-hydrogen) atoms. The van der Waals surface area contributed by atoms with Crippen molar-refractivity contribution in [1.29, 1.82) is 5.26 Å². The van der Waals surface area contributed by atoms with Crippen LogP contribution in [-0.4, -0.2) is 9.91 Å². The predicted octanol–water partition coefficient (Wildman–Crippen LogP) is 3.24. The Balaban J connectivity index is 2.23. The number of pyridine rings is 1. The van der Waals surface area contributed by atoms with E-state index >= 15 is 0 Å². The summed E-state index contributed by atoms with van der Waals surface area (Å²) < 4.78 is 0.517. The summed E-state index contributed by atoms with van der Waals surface area (Å²) in [4.78, 5) is 14.2. The van der Waals surface area contributed by atoms with Gasteiger partial charge in [-0.2, -0.15) is 5.26 Å². The maximum Gasteiger partial charge on any atom is 0.311 e. The average molecular weight is 333 g/mol. The molecular formula is C13H9BrN4O2. The molecule has 0 bridgehead atoms. The first kappa shape index (κ1) is 14.0. The van der Waals surface area contributed by atoms with Crippen LogP contribution in [0.25, 0.3) is 0 Å². The predicted molar refractivity (Wildman–Crippen MR) is 77.1 cm³/mol. The van der Waals surface area contributed by atoms with Gasteiger partial charge in [0.25, 0.3) is 0 Å². The SMILES string of the molecule is N#Cc1cccc(CNc2c(Br)cncc2[N+](=O)[O-])c1.